The Kier molecular flexibility index (Phi) is 5.02. The predicted molar refractivity (Wildman–Crippen MR) is 98.1 cm³/mol. The van der Waals surface area contributed by atoms with Crippen molar-refractivity contribution in [3.8, 4) is 0 Å². The first kappa shape index (κ1) is 17.8. The highest BCUT2D eigenvalue weighted by Crippen LogP contribution is 2.40. The summed E-state index contributed by atoms with van der Waals surface area (Å²) >= 11 is 0. The molecule has 0 aromatic heterocycles. The minimum Gasteiger partial charge on any atom is -0.338 e. The summed E-state index contributed by atoms with van der Waals surface area (Å²) in [4.78, 5) is 29.3. The SMILES string of the molecule is Cc1cccc(CN2CCCC3(CCN(C(=O)NC(C)C)C3)C2=O)c1. The highest BCUT2D eigenvalue weighted by atomic mass is 16.2. The molecule has 3 amide bonds. The van der Waals surface area contributed by atoms with Crippen molar-refractivity contribution < 1.29 is 9.59 Å². The van der Waals surface area contributed by atoms with Gasteiger partial charge in [-0.1, -0.05) is 29.8 Å². The summed E-state index contributed by atoms with van der Waals surface area (Å²) in [5.74, 6) is 0.222. The lowest BCUT2D eigenvalue weighted by Gasteiger charge is -2.39. The molecular weight excluding hydrogens is 314 g/mol. The third-order valence-corrected chi connectivity index (χ3v) is 5.33. The molecule has 0 bridgehead atoms. The van der Waals surface area contributed by atoms with Gasteiger partial charge in [-0.25, -0.2) is 4.79 Å². The van der Waals surface area contributed by atoms with Gasteiger partial charge in [-0.15, -0.1) is 0 Å². The van der Waals surface area contributed by atoms with Crippen LogP contribution in [0.5, 0.6) is 0 Å². The molecule has 25 heavy (non-hydrogen) atoms. The Morgan fingerprint density at radius 1 is 1.28 bits per heavy atom. The number of benzene rings is 1. The first-order valence-corrected chi connectivity index (χ1v) is 9.30. The molecule has 5 heteroatoms. The second kappa shape index (κ2) is 7.06. The van der Waals surface area contributed by atoms with E-state index in [2.05, 4.69) is 30.4 Å². The molecule has 3 rings (SSSR count). The summed E-state index contributed by atoms with van der Waals surface area (Å²) in [6.07, 6.45) is 2.68. The first-order valence-electron chi connectivity index (χ1n) is 9.30. The number of carbonyl (C=O) groups excluding carboxylic acids is 2. The van der Waals surface area contributed by atoms with E-state index in [4.69, 9.17) is 0 Å². The van der Waals surface area contributed by atoms with E-state index in [-0.39, 0.29) is 23.4 Å². The smallest absolute Gasteiger partial charge is 0.317 e. The van der Waals surface area contributed by atoms with Crippen LogP contribution in [0.4, 0.5) is 4.79 Å². The number of hydrogen-bond donors (Lipinski definition) is 1. The van der Waals surface area contributed by atoms with Crippen LogP contribution in [-0.4, -0.2) is 47.4 Å². The summed E-state index contributed by atoms with van der Waals surface area (Å²) in [5, 5.41) is 2.94. The van der Waals surface area contributed by atoms with Crippen LogP contribution in [0.2, 0.25) is 0 Å². The van der Waals surface area contributed by atoms with E-state index >= 15 is 0 Å². The van der Waals surface area contributed by atoms with Gasteiger partial charge in [0.15, 0.2) is 0 Å². The molecule has 1 N–H and O–H groups in total. The average Bonchev–Trinajstić information content (AvgIpc) is 2.97. The molecule has 1 aromatic carbocycles. The molecule has 0 radical (unpaired) electrons. The zero-order valence-electron chi connectivity index (χ0n) is 15.5. The van der Waals surface area contributed by atoms with E-state index in [1.807, 2.05) is 29.7 Å². The number of likely N-dealkylation sites (tertiary alicyclic amines) is 2. The lowest BCUT2D eigenvalue weighted by atomic mass is 9.78. The summed E-state index contributed by atoms with van der Waals surface area (Å²) in [5.41, 5.74) is 2.02. The van der Waals surface area contributed by atoms with Gasteiger partial charge in [-0.05, 0) is 45.6 Å². The maximum absolute atomic E-state index is 13.2. The van der Waals surface area contributed by atoms with Crippen LogP contribution in [0.15, 0.2) is 24.3 Å². The molecule has 136 valence electrons. The standard InChI is InChI=1S/C20H29N3O2/c1-15(2)21-19(25)23-11-9-20(14-23)8-5-10-22(18(20)24)13-17-7-4-6-16(3)12-17/h4,6-7,12,15H,5,8-11,13-14H2,1-3H3,(H,21,25). The molecule has 0 saturated carbocycles. The summed E-state index contributed by atoms with van der Waals surface area (Å²) < 4.78 is 0. The molecule has 1 unspecified atom stereocenters. The molecule has 1 atom stereocenters. The number of amides is 3. The molecule has 2 saturated heterocycles. The van der Waals surface area contributed by atoms with Crippen molar-refractivity contribution in [1.29, 1.82) is 0 Å². The topological polar surface area (TPSA) is 52.6 Å². The van der Waals surface area contributed by atoms with Gasteiger partial charge in [-0.3, -0.25) is 4.79 Å². The second-order valence-electron chi connectivity index (χ2n) is 7.88. The number of urea groups is 1. The third kappa shape index (κ3) is 3.80. The number of carbonyl (C=O) groups is 2. The van der Waals surface area contributed by atoms with Crippen molar-refractivity contribution in [3.63, 3.8) is 0 Å². The van der Waals surface area contributed by atoms with Gasteiger partial charge in [0, 0.05) is 32.2 Å². The Bertz CT molecular complexity index is 658. The molecule has 2 heterocycles. The summed E-state index contributed by atoms with van der Waals surface area (Å²) in [7, 11) is 0. The largest absolute Gasteiger partial charge is 0.338 e. The van der Waals surface area contributed by atoms with Crippen LogP contribution in [0.25, 0.3) is 0 Å². The van der Waals surface area contributed by atoms with Crippen LogP contribution in [0, 0.1) is 12.3 Å². The van der Waals surface area contributed by atoms with Crippen LogP contribution < -0.4 is 5.32 Å². The van der Waals surface area contributed by atoms with E-state index < -0.39 is 0 Å². The van der Waals surface area contributed by atoms with Gasteiger partial charge in [0.1, 0.15) is 0 Å². The zero-order chi connectivity index (χ0) is 18.0. The summed E-state index contributed by atoms with van der Waals surface area (Å²) in [6, 6.07) is 8.41. The van der Waals surface area contributed by atoms with E-state index in [0.717, 1.165) is 25.8 Å². The monoisotopic (exact) mass is 343 g/mol. The molecular formula is C20H29N3O2. The molecule has 2 aliphatic rings. The van der Waals surface area contributed by atoms with Gasteiger partial charge < -0.3 is 15.1 Å². The van der Waals surface area contributed by atoms with Crippen molar-refractivity contribution >= 4 is 11.9 Å². The summed E-state index contributed by atoms with van der Waals surface area (Å²) in [6.45, 7) is 8.69. The molecule has 0 aliphatic carbocycles. The van der Waals surface area contributed by atoms with E-state index in [9.17, 15) is 9.59 Å². The predicted octanol–water partition coefficient (Wildman–Crippen LogP) is 2.93. The van der Waals surface area contributed by atoms with Gasteiger partial charge in [0.05, 0.1) is 5.41 Å². The van der Waals surface area contributed by atoms with E-state index in [0.29, 0.717) is 19.6 Å². The number of nitrogens with one attached hydrogen (secondary N) is 1. The minimum absolute atomic E-state index is 0.0458. The highest BCUT2D eigenvalue weighted by Gasteiger charge is 2.49. The Balaban J connectivity index is 1.69. The lowest BCUT2D eigenvalue weighted by molar-refractivity contribution is -0.146. The van der Waals surface area contributed by atoms with Crippen LogP contribution in [0.3, 0.4) is 0 Å². The Labute approximate surface area is 150 Å². The molecule has 1 aromatic rings. The van der Waals surface area contributed by atoms with E-state index in [1.54, 1.807) is 0 Å². The molecule has 2 fully saturated rings. The number of aryl methyl sites for hydroxylation is 1. The van der Waals surface area contributed by atoms with Crippen LogP contribution >= 0.6 is 0 Å². The Morgan fingerprint density at radius 2 is 2.08 bits per heavy atom. The van der Waals surface area contributed by atoms with Gasteiger partial charge in [0.25, 0.3) is 0 Å². The number of piperidine rings is 1. The highest BCUT2D eigenvalue weighted by molar-refractivity contribution is 5.85. The van der Waals surface area contributed by atoms with Gasteiger partial charge in [-0.2, -0.15) is 0 Å². The zero-order valence-corrected chi connectivity index (χ0v) is 15.5. The lowest BCUT2D eigenvalue weighted by Crippen LogP contribution is -2.51. The van der Waals surface area contributed by atoms with Crippen molar-refractivity contribution in [1.82, 2.24) is 15.1 Å². The number of rotatable bonds is 3. The fourth-order valence-corrected chi connectivity index (χ4v) is 4.10. The van der Waals surface area contributed by atoms with Crippen molar-refractivity contribution in [3.05, 3.63) is 35.4 Å². The van der Waals surface area contributed by atoms with Gasteiger partial charge in [0.2, 0.25) is 5.91 Å². The second-order valence-corrected chi connectivity index (χ2v) is 7.88. The Morgan fingerprint density at radius 3 is 2.80 bits per heavy atom. The first-order chi connectivity index (χ1) is 11.9. The fourth-order valence-electron chi connectivity index (χ4n) is 4.10. The Hall–Kier alpha value is -2.04. The minimum atomic E-state index is -0.379. The van der Waals surface area contributed by atoms with Crippen molar-refractivity contribution in [2.24, 2.45) is 5.41 Å². The van der Waals surface area contributed by atoms with Crippen molar-refractivity contribution in [2.45, 2.75) is 52.6 Å². The van der Waals surface area contributed by atoms with Gasteiger partial charge >= 0.3 is 6.03 Å². The molecule has 2 aliphatic heterocycles. The molecule has 5 nitrogen and oxygen atoms in total. The van der Waals surface area contributed by atoms with Crippen molar-refractivity contribution in [2.75, 3.05) is 19.6 Å². The van der Waals surface area contributed by atoms with E-state index in [1.165, 1.54) is 11.1 Å². The number of nitrogens with zero attached hydrogens (tertiary/aromatic N) is 2. The maximum atomic E-state index is 13.2. The normalized spacial score (nSPS) is 23.6. The average molecular weight is 343 g/mol. The maximum Gasteiger partial charge on any atom is 0.317 e. The van der Waals surface area contributed by atoms with Crippen LogP contribution in [0.1, 0.15) is 44.2 Å². The fraction of sp³-hybridized carbons (Fsp3) is 0.600. The molecule has 1 spiro atoms. The quantitative estimate of drug-likeness (QED) is 0.917. The number of hydrogen-bond acceptors (Lipinski definition) is 2. The van der Waals surface area contributed by atoms with Crippen LogP contribution in [-0.2, 0) is 11.3 Å². The third-order valence-electron chi connectivity index (χ3n) is 5.33.